The van der Waals surface area contributed by atoms with Crippen molar-refractivity contribution in [2.45, 2.75) is 26.3 Å². The first-order valence-corrected chi connectivity index (χ1v) is 6.20. The molecule has 0 spiro atoms. The second-order valence-corrected chi connectivity index (χ2v) is 4.72. The second kappa shape index (κ2) is 7.18. The first-order chi connectivity index (χ1) is 8.52. The van der Waals surface area contributed by atoms with Gasteiger partial charge >= 0.3 is 6.03 Å². The van der Waals surface area contributed by atoms with E-state index in [-0.39, 0.29) is 24.6 Å². The van der Waals surface area contributed by atoms with E-state index in [0.717, 1.165) is 0 Å². The number of amides is 2. The molecule has 0 aliphatic rings. The second-order valence-electron chi connectivity index (χ2n) is 4.33. The average molecular weight is 272 g/mol. The molecule has 1 rings (SSSR count). The molecule has 2 amide bonds. The Morgan fingerprint density at radius 2 is 2.28 bits per heavy atom. The van der Waals surface area contributed by atoms with Crippen LogP contribution in [0, 0.1) is 5.92 Å². The van der Waals surface area contributed by atoms with E-state index in [2.05, 4.69) is 15.6 Å². The lowest BCUT2D eigenvalue weighted by Crippen LogP contribution is -2.41. The summed E-state index contributed by atoms with van der Waals surface area (Å²) in [6.07, 6.45) is 2.05. The first-order valence-electron chi connectivity index (χ1n) is 5.83. The molecule has 1 heterocycles. The van der Waals surface area contributed by atoms with Gasteiger partial charge in [0.1, 0.15) is 5.15 Å². The molecule has 6 heteroatoms. The Labute approximate surface area is 112 Å². The maximum Gasteiger partial charge on any atom is 0.319 e. The highest BCUT2D eigenvalue weighted by Crippen LogP contribution is 2.12. The van der Waals surface area contributed by atoms with E-state index in [1.165, 1.54) is 6.20 Å². The molecule has 0 aliphatic heterocycles. The Morgan fingerprint density at radius 3 is 2.83 bits per heavy atom. The van der Waals surface area contributed by atoms with Crippen LogP contribution in [-0.2, 0) is 0 Å². The number of aliphatic hydroxyl groups is 1. The number of rotatable bonds is 5. The number of anilines is 1. The number of urea groups is 1. The third-order valence-electron chi connectivity index (χ3n) is 2.55. The lowest BCUT2D eigenvalue weighted by Gasteiger charge is -2.21. The summed E-state index contributed by atoms with van der Waals surface area (Å²) in [5.74, 6) is 0.254. The SMILES string of the molecule is CC(C)C(CCO)NC(=O)Nc1ccnc(Cl)c1. The molecule has 18 heavy (non-hydrogen) atoms. The first kappa shape index (κ1) is 14.7. The van der Waals surface area contributed by atoms with Crippen LogP contribution in [0.5, 0.6) is 0 Å². The zero-order valence-electron chi connectivity index (χ0n) is 10.5. The molecule has 0 saturated carbocycles. The van der Waals surface area contributed by atoms with Gasteiger partial charge in [0.05, 0.1) is 0 Å². The summed E-state index contributed by atoms with van der Waals surface area (Å²) in [7, 11) is 0. The highest BCUT2D eigenvalue weighted by atomic mass is 35.5. The zero-order chi connectivity index (χ0) is 13.5. The minimum atomic E-state index is -0.315. The molecule has 5 nitrogen and oxygen atoms in total. The van der Waals surface area contributed by atoms with Crippen molar-refractivity contribution in [3.63, 3.8) is 0 Å². The van der Waals surface area contributed by atoms with Crippen LogP contribution >= 0.6 is 11.6 Å². The van der Waals surface area contributed by atoms with Crippen molar-refractivity contribution in [3.05, 3.63) is 23.5 Å². The number of pyridine rings is 1. The smallest absolute Gasteiger partial charge is 0.319 e. The van der Waals surface area contributed by atoms with E-state index in [0.29, 0.717) is 17.3 Å². The monoisotopic (exact) mass is 271 g/mol. The van der Waals surface area contributed by atoms with Gasteiger partial charge in [-0.1, -0.05) is 25.4 Å². The molecule has 0 aromatic carbocycles. The number of nitrogens with zero attached hydrogens (tertiary/aromatic N) is 1. The number of carbonyl (C=O) groups excluding carboxylic acids is 1. The summed E-state index contributed by atoms with van der Waals surface area (Å²) < 4.78 is 0. The van der Waals surface area contributed by atoms with Crippen LogP contribution in [0.2, 0.25) is 5.15 Å². The molecule has 0 fully saturated rings. The fourth-order valence-corrected chi connectivity index (χ4v) is 1.70. The molecule has 0 bridgehead atoms. The number of hydrogen-bond donors (Lipinski definition) is 3. The third-order valence-corrected chi connectivity index (χ3v) is 2.75. The molecule has 1 atom stereocenters. The molecular weight excluding hydrogens is 254 g/mol. The van der Waals surface area contributed by atoms with Gasteiger partial charge in [0.2, 0.25) is 0 Å². The van der Waals surface area contributed by atoms with Gasteiger partial charge in [-0.2, -0.15) is 0 Å². The predicted octanol–water partition coefficient (Wildman–Crippen LogP) is 2.26. The Kier molecular flexibility index (Phi) is 5.88. The molecular formula is C12H18ClN3O2. The van der Waals surface area contributed by atoms with Crippen LogP contribution in [0.25, 0.3) is 0 Å². The van der Waals surface area contributed by atoms with Crippen molar-refractivity contribution < 1.29 is 9.90 Å². The zero-order valence-corrected chi connectivity index (χ0v) is 11.2. The summed E-state index contributed by atoms with van der Waals surface area (Å²) in [6.45, 7) is 4.03. The van der Waals surface area contributed by atoms with Gasteiger partial charge in [-0.3, -0.25) is 0 Å². The van der Waals surface area contributed by atoms with Gasteiger partial charge in [0, 0.05) is 24.5 Å². The summed E-state index contributed by atoms with van der Waals surface area (Å²) in [5, 5.41) is 14.7. The Morgan fingerprint density at radius 1 is 1.56 bits per heavy atom. The van der Waals surface area contributed by atoms with Gasteiger partial charge in [-0.15, -0.1) is 0 Å². The predicted molar refractivity (Wildman–Crippen MR) is 71.7 cm³/mol. The molecule has 0 radical (unpaired) electrons. The highest BCUT2D eigenvalue weighted by Gasteiger charge is 2.15. The van der Waals surface area contributed by atoms with Crippen LogP contribution in [0.4, 0.5) is 10.5 Å². The standard InChI is InChI=1S/C12H18ClN3O2/c1-8(2)10(4-6-17)16-12(18)15-9-3-5-14-11(13)7-9/h3,5,7-8,10,17H,4,6H2,1-2H3,(H2,14,15,16,18). The van der Waals surface area contributed by atoms with E-state index in [1.54, 1.807) is 12.1 Å². The van der Waals surface area contributed by atoms with Gasteiger partial charge in [0.25, 0.3) is 0 Å². The number of carbonyl (C=O) groups is 1. The van der Waals surface area contributed by atoms with Crippen molar-refractivity contribution in [1.82, 2.24) is 10.3 Å². The summed E-state index contributed by atoms with van der Waals surface area (Å²) in [6, 6.07) is 2.84. The maximum absolute atomic E-state index is 11.7. The lowest BCUT2D eigenvalue weighted by molar-refractivity contribution is 0.227. The Hall–Kier alpha value is -1.33. The molecule has 1 aromatic rings. The van der Waals surface area contributed by atoms with Crippen molar-refractivity contribution in [1.29, 1.82) is 0 Å². The lowest BCUT2D eigenvalue weighted by atomic mass is 10.0. The number of hydrogen-bond acceptors (Lipinski definition) is 3. The van der Waals surface area contributed by atoms with Crippen LogP contribution in [0.3, 0.4) is 0 Å². The molecule has 0 saturated heterocycles. The molecule has 1 aromatic heterocycles. The molecule has 1 unspecified atom stereocenters. The molecule has 0 aliphatic carbocycles. The average Bonchev–Trinajstić information content (AvgIpc) is 2.28. The van der Waals surface area contributed by atoms with Crippen molar-refractivity contribution in [2.24, 2.45) is 5.92 Å². The molecule has 100 valence electrons. The fraction of sp³-hybridized carbons (Fsp3) is 0.500. The Balaban J connectivity index is 2.55. The quantitative estimate of drug-likeness (QED) is 0.719. The van der Waals surface area contributed by atoms with E-state index < -0.39 is 0 Å². The third kappa shape index (κ3) is 4.89. The van der Waals surface area contributed by atoms with Crippen LogP contribution in [0.15, 0.2) is 18.3 Å². The van der Waals surface area contributed by atoms with E-state index >= 15 is 0 Å². The fourth-order valence-electron chi connectivity index (χ4n) is 1.53. The summed E-state index contributed by atoms with van der Waals surface area (Å²) >= 11 is 5.72. The number of halogens is 1. The van der Waals surface area contributed by atoms with Crippen LogP contribution in [0.1, 0.15) is 20.3 Å². The minimum absolute atomic E-state index is 0.0458. The van der Waals surface area contributed by atoms with Crippen LogP contribution < -0.4 is 10.6 Å². The number of nitrogens with one attached hydrogen (secondary N) is 2. The maximum atomic E-state index is 11.7. The van der Waals surface area contributed by atoms with Crippen molar-refractivity contribution >= 4 is 23.3 Å². The van der Waals surface area contributed by atoms with Gasteiger partial charge in [0.15, 0.2) is 0 Å². The van der Waals surface area contributed by atoms with E-state index in [1.807, 2.05) is 13.8 Å². The van der Waals surface area contributed by atoms with E-state index in [4.69, 9.17) is 16.7 Å². The normalized spacial score (nSPS) is 12.3. The molecule has 3 N–H and O–H groups in total. The topological polar surface area (TPSA) is 74.2 Å². The minimum Gasteiger partial charge on any atom is -0.396 e. The summed E-state index contributed by atoms with van der Waals surface area (Å²) in [4.78, 5) is 15.6. The van der Waals surface area contributed by atoms with Gasteiger partial charge < -0.3 is 15.7 Å². The number of aliphatic hydroxyl groups excluding tert-OH is 1. The van der Waals surface area contributed by atoms with E-state index in [9.17, 15) is 4.79 Å². The highest BCUT2D eigenvalue weighted by molar-refractivity contribution is 6.29. The largest absolute Gasteiger partial charge is 0.396 e. The van der Waals surface area contributed by atoms with Gasteiger partial charge in [-0.25, -0.2) is 9.78 Å². The Bertz CT molecular complexity index is 399. The van der Waals surface area contributed by atoms with Crippen LogP contribution in [-0.4, -0.2) is 28.8 Å². The van der Waals surface area contributed by atoms with Crippen molar-refractivity contribution in [2.75, 3.05) is 11.9 Å². The van der Waals surface area contributed by atoms with Gasteiger partial charge in [-0.05, 0) is 24.5 Å². The van der Waals surface area contributed by atoms with Crippen molar-refractivity contribution in [3.8, 4) is 0 Å². The number of aromatic nitrogens is 1. The summed E-state index contributed by atoms with van der Waals surface area (Å²) in [5.41, 5.74) is 0.582.